The quantitative estimate of drug-likeness (QED) is 0.734. The molecule has 1 unspecified atom stereocenters. The van der Waals surface area contributed by atoms with Crippen molar-refractivity contribution in [2.45, 2.75) is 39.7 Å². The van der Waals surface area contributed by atoms with Crippen LogP contribution in [0.15, 0.2) is 39.6 Å². The zero-order valence-electron chi connectivity index (χ0n) is 15.2. The number of rotatable bonds is 6. The van der Waals surface area contributed by atoms with Crippen molar-refractivity contribution in [1.29, 1.82) is 0 Å². The van der Waals surface area contributed by atoms with Crippen LogP contribution >= 0.6 is 0 Å². The molecule has 0 aliphatic heterocycles. The topological polar surface area (TPSA) is 90.0 Å². The summed E-state index contributed by atoms with van der Waals surface area (Å²) in [7, 11) is 0. The molecule has 0 saturated carbocycles. The van der Waals surface area contributed by atoms with Crippen LogP contribution in [0.4, 0.5) is 0 Å². The molecule has 0 saturated heterocycles. The minimum atomic E-state index is -0.682. The van der Waals surface area contributed by atoms with Crippen molar-refractivity contribution in [3.63, 3.8) is 0 Å². The Morgan fingerprint density at radius 1 is 1.27 bits per heavy atom. The number of amides is 1. The van der Waals surface area contributed by atoms with Crippen LogP contribution < -0.4 is 10.9 Å². The summed E-state index contributed by atoms with van der Waals surface area (Å²) in [6.07, 6.45) is 1.18. The van der Waals surface area contributed by atoms with Gasteiger partial charge in [0.2, 0.25) is 5.91 Å². The highest BCUT2D eigenvalue weighted by Gasteiger charge is 2.24. The lowest BCUT2D eigenvalue weighted by Crippen LogP contribution is -2.39. The lowest BCUT2D eigenvalue weighted by Gasteiger charge is -2.17. The van der Waals surface area contributed by atoms with E-state index in [1.54, 1.807) is 13.8 Å². The largest absolute Gasteiger partial charge is 0.360 e. The first-order valence-electron chi connectivity index (χ1n) is 8.70. The summed E-state index contributed by atoms with van der Waals surface area (Å²) in [4.78, 5) is 25.3. The number of benzene rings is 1. The van der Waals surface area contributed by atoms with E-state index in [4.69, 9.17) is 4.52 Å². The first-order chi connectivity index (χ1) is 12.5. The Morgan fingerprint density at radius 2 is 2.00 bits per heavy atom. The number of hydrogen-bond donors (Lipinski definition) is 1. The Bertz CT molecular complexity index is 976. The molecule has 3 aromatic rings. The van der Waals surface area contributed by atoms with Gasteiger partial charge >= 0.3 is 0 Å². The van der Waals surface area contributed by atoms with Crippen LogP contribution in [0.5, 0.6) is 0 Å². The van der Waals surface area contributed by atoms with Gasteiger partial charge in [0.15, 0.2) is 5.52 Å². The highest BCUT2D eigenvalue weighted by Crippen LogP contribution is 2.18. The summed E-state index contributed by atoms with van der Waals surface area (Å²) >= 11 is 0. The summed E-state index contributed by atoms with van der Waals surface area (Å²) in [5.74, 6) is 0.326. The standard InChI is InChI=1S/C19H22N4O3/c1-4-15(18(24)20-11-10-14-8-6-5-7-9-14)23-19(25)17-16(12(2)21-23)13(3)26-22-17/h5-9,15H,4,10-11H2,1-3H3,(H,20,24). The molecule has 26 heavy (non-hydrogen) atoms. The fourth-order valence-electron chi connectivity index (χ4n) is 3.08. The number of aryl methyl sites for hydroxylation is 2. The number of nitrogens with zero attached hydrogens (tertiary/aromatic N) is 3. The SMILES string of the molecule is CCC(C(=O)NCCc1ccccc1)n1nc(C)c2c(C)onc2c1=O. The zero-order valence-corrected chi connectivity index (χ0v) is 15.2. The van der Waals surface area contributed by atoms with Crippen LogP contribution in [0.1, 0.15) is 36.4 Å². The van der Waals surface area contributed by atoms with Crippen LogP contribution in [0.3, 0.4) is 0 Å². The summed E-state index contributed by atoms with van der Waals surface area (Å²) in [5.41, 5.74) is 1.57. The molecule has 2 aromatic heterocycles. The third-order valence-corrected chi connectivity index (χ3v) is 4.43. The van der Waals surface area contributed by atoms with Crippen LogP contribution in [-0.4, -0.2) is 27.4 Å². The molecule has 0 radical (unpaired) electrons. The second-order valence-corrected chi connectivity index (χ2v) is 6.25. The van der Waals surface area contributed by atoms with Gasteiger partial charge in [0.25, 0.3) is 5.56 Å². The van der Waals surface area contributed by atoms with Gasteiger partial charge in [-0.1, -0.05) is 42.4 Å². The minimum absolute atomic E-state index is 0.213. The molecule has 2 heterocycles. The first-order valence-corrected chi connectivity index (χ1v) is 8.70. The average molecular weight is 354 g/mol. The number of aromatic nitrogens is 3. The summed E-state index contributed by atoms with van der Waals surface area (Å²) in [5, 5.41) is 11.7. The van der Waals surface area contributed by atoms with Gasteiger partial charge in [-0.15, -0.1) is 0 Å². The Labute approximate surface area is 151 Å². The molecule has 0 aliphatic carbocycles. The molecule has 1 amide bonds. The van der Waals surface area contributed by atoms with Crippen molar-refractivity contribution in [3.05, 3.63) is 57.7 Å². The maximum atomic E-state index is 12.7. The van der Waals surface area contributed by atoms with Gasteiger partial charge in [-0.2, -0.15) is 5.10 Å². The van der Waals surface area contributed by atoms with Gasteiger partial charge in [0, 0.05) is 6.54 Å². The average Bonchev–Trinajstić information content (AvgIpc) is 3.03. The van der Waals surface area contributed by atoms with Crippen LogP contribution in [0, 0.1) is 13.8 Å². The summed E-state index contributed by atoms with van der Waals surface area (Å²) < 4.78 is 6.34. The van der Waals surface area contributed by atoms with E-state index in [2.05, 4.69) is 15.6 Å². The number of hydrogen-bond acceptors (Lipinski definition) is 5. The molecule has 0 bridgehead atoms. The lowest BCUT2D eigenvalue weighted by molar-refractivity contribution is -0.124. The van der Waals surface area contributed by atoms with Crippen molar-refractivity contribution in [1.82, 2.24) is 20.3 Å². The van der Waals surface area contributed by atoms with Gasteiger partial charge in [0.1, 0.15) is 11.8 Å². The zero-order chi connectivity index (χ0) is 18.7. The van der Waals surface area contributed by atoms with Crippen molar-refractivity contribution >= 4 is 16.8 Å². The molecule has 7 nitrogen and oxygen atoms in total. The van der Waals surface area contributed by atoms with Crippen LogP contribution in [0.25, 0.3) is 10.9 Å². The highest BCUT2D eigenvalue weighted by atomic mass is 16.5. The van der Waals surface area contributed by atoms with Gasteiger partial charge in [-0.3, -0.25) is 9.59 Å². The van der Waals surface area contributed by atoms with Gasteiger partial charge in [-0.25, -0.2) is 4.68 Å². The Balaban J connectivity index is 1.80. The molecular formula is C19H22N4O3. The smallest absolute Gasteiger partial charge is 0.297 e. The van der Waals surface area contributed by atoms with Gasteiger partial charge in [-0.05, 0) is 32.3 Å². The van der Waals surface area contributed by atoms with Crippen molar-refractivity contribution < 1.29 is 9.32 Å². The second kappa shape index (κ2) is 7.51. The van der Waals surface area contributed by atoms with E-state index in [9.17, 15) is 9.59 Å². The Morgan fingerprint density at radius 3 is 2.69 bits per heavy atom. The van der Waals surface area contributed by atoms with Crippen LogP contribution in [0.2, 0.25) is 0 Å². The Kier molecular flexibility index (Phi) is 5.16. The van der Waals surface area contributed by atoms with Gasteiger partial charge in [0.05, 0.1) is 11.1 Å². The normalized spacial score (nSPS) is 12.3. The van der Waals surface area contributed by atoms with E-state index in [0.29, 0.717) is 29.8 Å². The lowest BCUT2D eigenvalue weighted by atomic mass is 10.1. The molecule has 7 heteroatoms. The molecule has 1 atom stereocenters. The predicted molar refractivity (Wildman–Crippen MR) is 98.0 cm³/mol. The maximum Gasteiger partial charge on any atom is 0.297 e. The van der Waals surface area contributed by atoms with E-state index < -0.39 is 11.6 Å². The summed E-state index contributed by atoms with van der Waals surface area (Å²) in [6.45, 7) is 5.87. The molecule has 1 N–H and O–H groups in total. The molecule has 0 spiro atoms. The predicted octanol–water partition coefficient (Wildman–Crippen LogP) is 2.31. The van der Waals surface area contributed by atoms with Crippen LogP contribution in [-0.2, 0) is 11.2 Å². The molecule has 3 rings (SSSR count). The molecule has 136 valence electrons. The van der Waals surface area contributed by atoms with E-state index >= 15 is 0 Å². The molecule has 1 aromatic carbocycles. The third-order valence-electron chi connectivity index (χ3n) is 4.43. The summed E-state index contributed by atoms with van der Waals surface area (Å²) in [6, 6.07) is 9.23. The van der Waals surface area contributed by atoms with E-state index in [1.165, 1.54) is 4.68 Å². The maximum absolute atomic E-state index is 12.7. The number of carbonyl (C=O) groups is 1. The molecule has 0 aliphatic rings. The Hall–Kier alpha value is -2.96. The fraction of sp³-hybridized carbons (Fsp3) is 0.368. The minimum Gasteiger partial charge on any atom is -0.360 e. The molecular weight excluding hydrogens is 332 g/mol. The molecule has 0 fully saturated rings. The van der Waals surface area contributed by atoms with E-state index in [0.717, 1.165) is 12.0 Å². The number of carbonyl (C=O) groups excluding carboxylic acids is 1. The first kappa shape index (κ1) is 17.8. The number of nitrogens with one attached hydrogen (secondary N) is 1. The van der Waals surface area contributed by atoms with Crippen molar-refractivity contribution in [2.24, 2.45) is 0 Å². The van der Waals surface area contributed by atoms with Crippen molar-refractivity contribution in [3.8, 4) is 0 Å². The van der Waals surface area contributed by atoms with Gasteiger partial charge < -0.3 is 9.84 Å². The highest BCUT2D eigenvalue weighted by molar-refractivity contribution is 5.83. The fourth-order valence-corrected chi connectivity index (χ4v) is 3.08. The van der Waals surface area contributed by atoms with E-state index in [1.807, 2.05) is 37.3 Å². The van der Waals surface area contributed by atoms with E-state index in [-0.39, 0.29) is 11.4 Å². The second-order valence-electron chi connectivity index (χ2n) is 6.25. The third kappa shape index (κ3) is 3.37. The number of fused-ring (bicyclic) bond motifs is 1. The monoisotopic (exact) mass is 354 g/mol. The van der Waals surface area contributed by atoms with Crippen molar-refractivity contribution in [2.75, 3.05) is 6.54 Å².